The van der Waals surface area contributed by atoms with Crippen LogP contribution in [0.5, 0.6) is 5.75 Å². The second-order valence-electron chi connectivity index (χ2n) is 9.44. The van der Waals surface area contributed by atoms with Gasteiger partial charge in [0.15, 0.2) is 0 Å². The molecule has 3 aromatic rings. The number of amides is 2. The number of nitrogens with zero attached hydrogens (tertiary/aromatic N) is 3. The minimum atomic E-state index is -0.848. The molecule has 10 heteroatoms. The maximum absolute atomic E-state index is 12.8. The molecule has 0 bridgehead atoms. The highest BCUT2D eigenvalue weighted by molar-refractivity contribution is 6.04. The molecule has 2 aromatic carbocycles. The van der Waals surface area contributed by atoms with Crippen LogP contribution in [0.15, 0.2) is 42.7 Å². The largest absolute Gasteiger partial charge is 0.508 e. The fourth-order valence-electron chi connectivity index (χ4n) is 4.57. The van der Waals surface area contributed by atoms with Gasteiger partial charge in [0.2, 0.25) is 0 Å². The molecule has 1 fully saturated rings. The average molecular weight is 519 g/mol. The Bertz CT molecular complexity index is 1320. The molecular weight excluding hydrogens is 484 g/mol. The lowest BCUT2D eigenvalue weighted by Gasteiger charge is -2.18. The van der Waals surface area contributed by atoms with Gasteiger partial charge in [0.1, 0.15) is 17.9 Å². The molecule has 2 amide bonds. The predicted molar refractivity (Wildman–Crippen MR) is 144 cm³/mol. The van der Waals surface area contributed by atoms with E-state index in [9.17, 15) is 14.7 Å². The Morgan fingerprint density at radius 2 is 1.87 bits per heavy atom. The van der Waals surface area contributed by atoms with Gasteiger partial charge in [0, 0.05) is 35.2 Å². The van der Waals surface area contributed by atoms with Crippen LogP contribution in [-0.2, 0) is 4.74 Å². The molecule has 1 aliphatic rings. The van der Waals surface area contributed by atoms with Gasteiger partial charge in [0.05, 0.1) is 23.9 Å². The summed E-state index contributed by atoms with van der Waals surface area (Å²) in [6, 6.07) is 8.89. The van der Waals surface area contributed by atoms with E-state index in [0.717, 1.165) is 51.6 Å². The molecular formula is C28H34N6O4. The summed E-state index contributed by atoms with van der Waals surface area (Å²) in [5, 5.41) is 21.9. The van der Waals surface area contributed by atoms with Gasteiger partial charge in [-0.2, -0.15) is 0 Å². The smallest absolute Gasteiger partial charge is 0.412 e. The number of unbranched alkanes of at least 4 members (excludes halogenated alkanes) is 3. The second kappa shape index (κ2) is 12.5. The van der Waals surface area contributed by atoms with E-state index in [0.29, 0.717) is 33.3 Å². The number of hydrogen-bond acceptors (Lipinski definition) is 8. The molecule has 1 atom stereocenters. The monoisotopic (exact) mass is 518 g/mol. The van der Waals surface area contributed by atoms with Crippen molar-refractivity contribution in [1.82, 2.24) is 20.2 Å². The second-order valence-corrected chi connectivity index (χ2v) is 9.44. The van der Waals surface area contributed by atoms with Gasteiger partial charge in [0.25, 0.3) is 5.91 Å². The number of hydrogen-bond donors (Lipinski definition) is 4. The summed E-state index contributed by atoms with van der Waals surface area (Å²) in [4.78, 5) is 35.4. The van der Waals surface area contributed by atoms with E-state index < -0.39 is 12.1 Å². The van der Waals surface area contributed by atoms with Gasteiger partial charge in [-0.05, 0) is 49.6 Å². The lowest BCUT2D eigenvalue weighted by atomic mass is 9.97. The average Bonchev–Trinajstić information content (AvgIpc) is 3.47. The first-order valence-electron chi connectivity index (χ1n) is 13.0. The Morgan fingerprint density at radius 3 is 2.63 bits per heavy atom. The van der Waals surface area contributed by atoms with Crippen LogP contribution in [0, 0.1) is 5.41 Å². The van der Waals surface area contributed by atoms with Crippen molar-refractivity contribution in [3.8, 4) is 5.75 Å². The van der Waals surface area contributed by atoms with Crippen molar-refractivity contribution in [1.29, 1.82) is 5.41 Å². The van der Waals surface area contributed by atoms with Crippen molar-refractivity contribution in [2.45, 2.75) is 51.5 Å². The molecule has 0 aliphatic carbocycles. The highest BCUT2D eigenvalue weighted by Crippen LogP contribution is 2.31. The lowest BCUT2D eigenvalue weighted by molar-refractivity contribution is 0.0793. The summed E-state index contributed by atoms with van der Waals surface area (Å²) in [7, 11) is 0. The molecule has 1 aliphatic heterocycles. The minimum absolute atomic E-state index is 0.0234. The lowest BCUT2D eigenvalue weighted by Crippen LogP contribution is -2.31. The van der Waals surface area contributed by atoms with Crippen LogP contribution in [-0.4, -0.2) is 57.5 Å². The molecule has 1 saturated heterocycles. The zero-order chi connectivity index (χ0) is 27.1. The summed E-state index contributed by atoms with van der Waals surface area (Å²) in [6.45, 7) is 3.91. The first-order chi connectivity index (χ1) is 18.4. The number of aromatic nitrogens is 2. The van der Waals surface area contributed by atoms with Crippen molar-refractivity contribution in [2.24, 2.45) is 5.73 Å². The number of phenolic OH excluding ortho intramolecular Hbond substituents is 1. The molecule has 4 rings (SSSR count). The van der Waals surface area contributed by atoms with Crippen LogP contribution in [0.1, 0.15) is 78.7 Å². The molecule has 1 unspecified atom stereocenters. The number of amidine groups is 1. The fraction of sp³-hybridized carbons (Fsp3) is 0.393. The van der Waals surface area contributed by atoms with Crippen molar-refractivity contribution in [3.05, 3.63) is 65.1 Å². The number of alkyl carbamates (subject to hydrolysis) is 1. The van der Waals surface area contributed by atoms with Gasteiger partial charge in [-0.1, -0.05) is 32.3 Å². The Hall–Kier alpha value is -4.05. The molecule has 0 spiro atoms. The number of benzene rings is 2. The number of phenols is 1. The van der Waals surface area contributed by atoms with Gasteiger partial charge in [-0.25, -0.2) is 14.8 Å². The van der Waals surface area contributed by atoms with Crippen LogP contribution in [0.25, 0.3) is 10.9 Å². The number of ether oxygens (including phenoxy) is 1. The first-order valence-corrected chi connectivity index (χ1v) is 13.0. The third kappa shape index (κ3) is 6.25. The third-order valence-corrected chi connectivity index (χ3v) is 6.71. The molecule has 200 valence electrons. The van der Waals surface area contributed by atoms with Crippen molar-refractivity contribution in [3.63, 3.8) is 0 Å². The quantitative estimate of drug-likeness (QED) is 0.187. The molecule has 5 N–H and O–H groups in total. The molecule has 2 heterocycles. The normalized spacial score (nSPS) is 13.9. The maximum atomic E-state index is 12.8. The van der Waals surface area contributed by atoms with E-state index in [1.54, 1.807) is 24.3 Å². The van der Waals surface area contributed by atoms with Crippen LogP contribution in [0.2, 0.25) is 0 Å². The standard InChI is InChI=1S/C28H34N6O4/c1-2-3-4-7-14-38-28(37)33-26(30)18-9-11-23(35)21(15-18)24(29)25-20-10-8-19(16-22(20)31-17-32-25)27(36)34-12-5-6-13-34/h8-11,15-17,24,35H,2-7,12-14,29H2,1H3,(H2,30,33,37). The number of nitrogens with one attached hydrogen (secondary N) is 2. The van der Waals surface area contributed by atoms with Crippen molar-refractivity contribution in [2.75, 3.05) is 19.7 Å². The number of carbonyl (C=O) groups is 2. The number of likely N-dealkylation sites (tertiary alicyclic amines) is 1. The van der Waals surface area contributed by atoms with Gasteiger partial charge < -0.3 is 20.5 Å². The molecule has 0 radical (unpaired) electrons. The fourth-order valence-corrected chi connectivity index (χ4v) is 4.57. The Balaban J connectivity index is 1.51. The van der Waals surface area contributed by atoms with Crippen LogP contribution in [0.3, 0.4) is 0 Å². The highest BCUT2D eigenvalue weighted by atomic mass is 16.5. The van der Waals surface area contributed by atoms with E-state index in [-0.39, 0.29) is 24.1 Å². The maximum Gasteiger partial charge on any atom is 0.412 e. The number of fused-ring (bicyclic) bond motifs is 1. The third-order valence-electron chi connectivity index (χ3n) is 6.71. The Kier molecular flexibility index (Phi) is 8.85. The summed E-state index contributed by atoms with van der Waals surface area (Å²) in [6.07, 6.45) is 6.62. The number of carbonyl (C=O) groups excluding carboxylic acids is 2. The van der Waals surface area contributed by atoms with E-state index in [4.69, 9.17) is 15.9 Å². The summed E-state index contributed by atoms with van der Waals surface area (Å²) in [5.74, 6) is -0.264. The Labute approximate surface area is 221 Å². The zero-order valence-electron chi connectivity index (χ0n) is 21.6. The molecule has 0 saturated carbocycles. The van der Waals surface area contributed by atoms with E-state index >= 15 is 0 Å². The number of rotatable bonds is 9. The minimum Gasteiger partial charge on any atom is -0.508 e. The summed E-state index contributed by atoms with van der Waals surface area (Å²) in [5.41, 5.74) is 8.83. The SMILES string of the molecule is CCCCCCOC(=O)NC(=N)c1ccc(O)c(C(N)c2ncnc3cc(C(=O)N4CCCC4)ccc23)c1. The first kappa shape index (κ1) is 27.0. The van der Waals surface area contributed by atoms with E-state index in [1.807, 2.05) is 4.90 Å². The van der Waals surface area contributed by atoms with E-state index in [1.165, 1.54) is 18.5 Å². The van der Waals surface area contributed by atoms with Gasteiger partial charge in [-0.15, -0.1) is 0 Å². The predicted octanol–water partition coefficient (Wildman–Crippen LogP) is 4.25. The van der Waals surface area contributed by atoms with Crippen LogP contribution < -0.4 is 11.1 Å². The summed E-state index contributed by atoms with van der Waals surface area (Å²) >= 11 is 0. The van der Waals surface area contributed by atoms with E-state index in [2.05, 4.69) is 22.2 Å². The summed E-state index contributed by atoms with van der Waals surface area (Å²) < 4.78 is 5.15. The van der Waals surface area contributed by atoms with Gasteiger partial charge >= 0.3 is 6.09 Å². The molecule has 1 aromatic heterocycles. The molecule has 10 nitrogen and oxygen atoms in total. The number of aromatic hydroxyl groups is 1. The van der Waals surface area contributed by atoms with Crippen LogP contribution >= 0.6 is 0 Å². The highest BCUT2D eigenvalue weighted by Gasteiger charge is 2.22. The van der Waals surface area contributed by atoms with Crippen molar-refractivity contribution < 1.29 is 19.4 Å². The topological polar surface area (TPSA) is 155 Å². The van der Waals surface area contributed by atoms with Crippen molar-refractivity contribution >= 4 is 28.7 Å². The Morgan fingerprint density at radius 1 is 1.11 bits per heavy atom. The molecule has 38 heavy (non-hydrogen) atoms. The number of nitrogens with two attached hydrogens (primary N) is 1. The zero-order valence-corrected chi connectivity index (χ0v) is 21.6. The van der Waals surface area contributed by atoms with Gasteiger partial charge in [-0.3, -0.25) is 15.5 Å². The van der Waals surface area contributed by atoms with Crippen LogP contribution in [0.4, 0.5) is 4.79 Å².